The number of aryl methyl sites for hydroxylation is 1. The Balaban J connectivity index is 1.67. The minimum atomic E-state index is -0.365. The van der Waals surface area contributed by atoms with E-state index in [4.69, 9.17) is 11.6 Å². The van der Waals surface area contributed by atoms with Crippen LogP contribution in [0, 0.1) is 6.92 Å². The molecule has 0 saturated carbocycles. The van der Waals surface area contributed by atoms with E-state index in [9.17, 15) is 9.59 Å². The van der Waals surface area contributed by atoms with Crippen molar-refractivity contribution in [3.05, 3.63) is 87.2 Å². The van der Waals surface area contributed by atoms with Crippen LogP contribution < -0.4 is 10.9 Å². The molecule has 0 aliphatic carbocycles. The first-order chi connectivity index (χ1) is 13.4. The Labute approximate surface area is 172 Å². The second-order valence-corrected chi connectivity index (χ2v) is 8.16. The molecule has 0 radical (unpaired) electrons. The molecule has 3 rings (SSSR count). The van der Waals surface area contributed by atoms with E-state index in [1.165, 1.54) is 22.5 Å². The Morgan fingerprint density at radius 3 is 2.64 bits per heavy atom. The zero-order valence-electron chi connectivity index (χ0n) is 15.6. The van der Waals surface area contributed by atoms with Crippen molar-refractivity contribution < 1.29 is 4.79 Å². The van der Waals surface area contributed by atoms with E-state index < -0.39 is 0 Å². The molecule has 1 aromatic heterocycles. The molecule has 0 saturated heterocycles. The molecule has 0 unspecified atom stereocenters. The van der Waals surface area contributed by atoms with Gasteiger partial charge in [0.1, 0.15) is 5.03 Å². The number of hydrogen-bond donors (Lipinski definition) is 1. The number of amides is 1. The summed E-state index contributed by atoms with van der Waals surface area (Å²) in [4.78, 5) is 24.6. The molecule has 144 valence electrons. The Kier molecular flexibility index (Phi) is 6.54. The molecular weight excluding hydrogens is 394 g/mol. The van der Waals surface area contributed by atoms with E-state index in [0.29, 0.717) is 22.3 Å². The van der Waals surface area contributed by atoms with Crippen LogP contribution in [0.3, 0.4) is 0 Å². The number of halogens is 1. The van der Waals surface area contributed by atoms with E-state index in [1.54, 1.807) is 19.1 Å². The van der Waals surface area contributed by atoms with E-state index >= 15 is 0 Å². The topological polar surface area (TPSA) is 64.0 Å². The van der Waals surface area contributed by atoms with Crippen LogP contribution in [0.4, 0.5) is 0 Å². The molecule has 7 heteroatoms. The number of carbonyl (C=O) groups excluding carboxylic acids is 1. The summed E-state index contributed by atoms with van der Waals surface area (Å²) in [6.07, 6.45) is 0. The number of aromatic nitrogens is 2. The van der Waals surface area contributed by atoms with Crippen molar-refractivity contribution in [1.82, 2.24) is 15.1 Å². The Morgan fingerprint density at radius 2 is 1.93 bits per heavy atom. The lowest BCUT2D eigenvalue weighted by Gasteiger charge is -2.13. The lowest BCUT2D eigenvalue weighted by atomic mass is 10.2. The molecule has 1 atom stereocenters. The van der Waals surface area contributed by atoms with Gasteiger partial charge < -0.3 is 5.32 Å². The second kappa shape index (κ2) is 9.08. The van der Waals surface area contributed by atoms with Crippen molar-refractivity contribution in [2.75, 3.05) is 0 Å². The highest BCUT2D eigenvalue weighted by Gasteiger charge is 2.16. The first-order valence-corrected chi connectivity index (χ1v) is 10.0. The van der Waals surface area contributed by atoms with Gasteiger partial charge in [-0.3, -0.25) is 9.59 Å². The largest absolute Gasteiger partial charge is 0.351 e. The van der Waals surface area contributed by atoms with Gasteiger partial charge in [-0.15, -0.1) is 0 Å². The summed E-state index contributed by atoms with van der Waals surface area (Å²) >= 11 is 7.27. The predicted molar refractivity (Wildman–Crippen MR) is 113 cm³/mol. The van der Waals surface area contributed by atoms with E-state index in [-0.39, 0.29) is 16.7 Å². The van der Waals surface area contributed by atoms with Crippen LogP contribution in [0.1, 0.15) is 18.1 Å². The van der Waals surface area contributed by atoms with Crippen molar-refractivity contribution in [2.24, 2.45) is 0 Å². The van der Waals surface area contributed by atoms with Crippen LogP contribution in [0.5, 0.6) is 0 Å². The fourth-order valence-electron chi connectivity index (χ4n) is 2.54. The highest BCUT2D eigenvalue weighted by atomic mass is 35.5. The van der Waals surface area contributed by atoms with Crippen LogP contribution in [0.2, 0.25) is 5.02 Å². The predicted octanol–water partition coefficient (Wildman–Crippen LogP) is 3.99. The lowest BCUT2D eigenvalue weighted by molar-refractivity contribution is -0.120. The standard InChI is InChI=1S/C21H20ClN3O2S/c1-14-6-8-18(9-7-14)25-20(26)11-10-19(24-25)28-15(2)21(27)23-13-16-4-3-5-17(22)12-16/h3-12,15H,13H2,1-2H3,(H,23,27)/t15-/m1/s1. The van der Waals surface area contributed by atoms with Crippen molar-refractivity contribution in [2.45, 2.75) is 30.7 Å². The molecule has 1 N–H and O–H groups in total. The SMILES string of the molecule is Cc1ccc(-n2nc(S[C@H](C)C(=O)NCc3cccc(Cl)c3)ccc2=O)cc1. The summed E-state index contributed by atoms with van der Waals surface area (Å²) < 4.78 is 1.35. The first kappa shape index (κ1) is 20.2. The van der Waals surface area contributed by atoms with Crippen LogP contribution in [0.25, 0.3) is 5.69 Å². The number of carbonyl (C=O) groups is 1. The molecule has 0 spiro atoms. The van der Waals surface area contributed by atoms with Gasteiger partial charge in [0.2, 0.25) is 5.91 Å². The van der Waals surface area contributed by atoms with E-state index in [0.717, 1.165) is 11.1 Å². The lowest BCUT2D eigenvalue weighted by Crippen LogP contribution is -2.30. The summed E-state index contributed by atoms with van der Waals surface area (Å²) in [5.41, 5.74) is 2.51. The van der Waals surface area contributed by atoms with Gasteiger partial charge in [-0.2, -0.15) is 9.78 Å². The molecular formula is C21H20ClN3O2S. The third-order valence-electron chi connectivity index (χ3n) is 4.08. The minimum Gasteiger partial charge on any atom is -0.351 e. The van der Waals surface area contributed by atoms with E-state index in [1.807, 2.05) is 49.4 Å². The quantitative estimate of drug-likeness (QED) is 0.620. The monoisotopic (exact) mass is 413 g/mol. The Morgan fingerprint density at radius 1 is 1.18 bits per heavy atom. The number of hydrogen-bond acceptors (Lipinski definition) is 4. The molecule has 1 amide bonds. The average molecular weight is 414 g/mol. The van der Waals surface area contributed by atoms with Gasteiger partial charge in [-0.05, 0) is 49.7 Å². The number of thioether (sulfide) groups is 1. The van der Waals surface area contributed by atoms with Gasteiger partial charge in [-0.25, -0.2) is 0 Å². The molecule has 0 fully saturated rings. The average Bonchev–Trinajstić information content (AvgIpc) is 2.68. The molecule has 28 heavy (non-hydrogen) atoms. The molecule has 0 aliphatic rings. The molecule has 2 aromatic carbocycles. The second-order valence-electron chi connectivity index (χ2n) is 6.36. The number of rotatable bonds is 6. The molecule has 1 heterocycles. The smallest absolute Gasteiger partial charge is 0.271 e. The van der Waals surface area contributed by atoms with Gasteiger partial charge in [0.15, 0.2) is 0 Å². The summed E-state index contributed by atoms with van der Waals surface area (Å²) in [6, 6.07) is 18.0. The summed E-state index contributed by atoms with van der Waals surface area (Å²) in [7, 11) is 0. The summed E-state index contributed by atoms with van der Waals surface area (Å²) in [6.45, 7) is 4.19. The molecule has 0 bridgehead atoms. The van der Waals surface area contributed by atoms with Gasteiger partial charge in [0.05, 0.1) is 10.9 Å². The summed E-state index contributed by atoms with van der Waals surface area (Å²) in [5, 5.41) is 8.16. The Bertz CT molecular complexity index is 1030. The minimum absolute atomic E-state index is 0.111. The maximum atomic E-state index is 12.4. The number of benzene rings is 2. The maximum absolute atomic E-state index is 12.4. The van der Waals surface area contributed by atoms with Crippen LogP contribution >= 0.6 is 23.4 Å². The fraction of sp³-hybridized carbons (Fsp3) is 0.190. The first-order valence-electron chi connectivity index (χ1n) is 8.78. The highest BCUT2D eigenvalue weighted by Crippen LogP contribution is 2.21. The van der Waals surface area contributed by atoms with Crippen molar-refractivity contribution in [3.63, 3.8) is 0 Å². The van der Waals surface area contributed by atoms with Crippen molar-refractivity contribution in [3.8, 4) is 5.69 Å². The number of nitrogens with zero attached hydrogens (tertiary/aromatic N) is 2. The van der Waals surface area contributed by atoms with Crippen LogP contribution in [-0.2, 0) is 11.3 Å². The third kappa shape index (κ3) is 5.24. The van der Waals surface area contributed by atoms with Crippen molar-refractivity contribution >= 4 is 29.3 Å². The van der Waals surface area contributed by atoms with Crippen LogP contribution in [-0.4, -0.2) is 20.9 Å². The fourth-order valence-corrected chi connectivity index (χ4v) is 3.58. The molecule has 5 nitrogen and oxygen atoms in total. The third-order valence-corrected chi connectivity index (χ3v) is 5.34. The van der Waals surface area contributed by atoms with Gasteiger partial charge in [0, 0.05) is 17.6 Å². The number of nitrogens with one attached hydrogen (secondary N) is 1. The zero-order chi connectivity index (χ0) is 20.1. The van der Waals surface area contributed by atoms with Gasteiger partial charge >= 0.3 is 0 Å². The Hall–Kier alpha value is -2.57. The van der Waals surface area contributed by atoms with Crippen molar-refractivity contribution in [1.29, 1.82) is 0 Å². The zero-order valence-corrected chi connectivity index (χ0v) is 17.1. The maximum Gasteiger partial charge on any atom is 0.271 e. The van der Waals surface area contributed by atoms with Gasteiger partial charge in [0.25, 0.3) is 5.56 Å². The summed E-state index contributed by atoms with van der Waals surface area (Å²) in [5.74, 6) is -0.111. The molecule has 0 aliphatic heterocycles. The van der Waals surface area contributed by atoms with Crippen LogP contribution in [0.15, 0.2) is 70.5 Å². The normalized spacial score (nSPS) is 11.8. The van der Waals surface area contributed by atoms with E-state index in [2.05, 4.69) is 10.4 Å². The van der Waals surface area contributed by atoms with Gasteiger partial charge in [-0.1, -0.05) is 53.2 Å². The molecule has 3 aromatic rings. The highest BCUT2D eigenvalue weighted by molar-refractivity contribution is 8.00.